The molecule has 0 aliphatic heterocycles. The number of ether oxygens (including phenoxy) is 3. The van der Waals surface area contributed by atoms with Crippen LogP contribution in [0.2, 0.25) is 10.2 Å². The maximum absolute atomic E-state index is 13.5. The van der Waals surface area contributed by atoms with E-state index in [1.807, 2.05) is 5.32 Å². The predicted molar refractivity (Wildman–Crippen MR) is 455 cm³/mol. The molecular formula is C73H81Cl2F3N28O15S4. The number of nitrogens with one attached hydrogen (secondary N) is 9. The van der Waals surface area contributed by atoms with Crippen LogP contribution in [0.3, 0.4) is 0 Å². The van der Waals surface area contributed by atoms with Gasteiger partial charge in [-0.15, -0.1) is 20.4 Å². The fraction of sp³-hybridized carbons (Fsp3) is 0.274. The van der Waals surface area contributed by atoms with E-state index >= 15 is 0 Å². The maximum Gasteiger partial charge on any atom is 0.413 e. The number of halogens is 5. The molecule has 0 aliphatic rings. The van der Waals surface area contributed by atoms with Crippen molar-refractivity contribution in [3.8, 4) is 45.6 Å². The zero-order valence-electron chi connectivity index (χ0n) is 68.7. The van der Waals surface area contributed by atoms with Gasteiger partial charge in [0.1, 0.15) is 23.5 Å². The van der Waals surface area contributed by atoms with Crippen LogP contribution >= 0.6 is 23.2 Å². The highest BCUT2D eigenvalue weighted by atomic mass is 35.5. The van der Waals surface area contributed by atoms with Crippen LogP contribution in [0.15, 0.2) is 140 Å². The molecule has 0 saturated heterocycles. The van der Waals surface area contributed by atoms with Crippen molar-refractivity contribution in [1.29, 1.82) is 0 Å². The number of pyridine rings is 7. The van der Waals surface area contributed by atoms with Gasteiger partial charge in [-0.1, -0.05) is 86.5 Å². The number of hydrogen-bond donors (Lipinski definition) is 9. The summed E-state index contributed by atoms with van der Waals surface area (Å²) in [5.41, 5.74) is 7.07. The fourth-order valence-corrected chi connectivity index (χ4v) is 14.0. The third-order valence-corrected chi connectivity index (χ3v) is 19.9. The Hall–Kier alpha value is -13.7. The molecule has 11 heterocycles. The Morgan fingerprint density at radius 2 is 0.744 bits per heavy atom. The Labute approximate surface area is 723 Å². The molecule has 9 N–H and O–H groups in total. The first-order valence-electron chi connectivity index (χ1n) is 36.2. The highest BCUT2D eigenvalue weighted by Crippen LogP contribution is 2.36. The van der Waals surface area contributed by atoms with E-state index in [-0.39, 0.29) is 51.1 Å². The summed E-state index contributed by atoms with van der Waals surface area (Å²) in [7, 11) is -7.59. The predicted octanol–water partition coefficient (Wildman–Crippen LogP) is 11.1. The van der Waals surface area contributed by atoms with Crippen LogP contribution in [0, 0.1) is 27.7 Å². The van der Waals surface area contributed by atoms with E-state index in [1.165, 1.54) is 80.8 Å². The molecule has 0 aliphatic carbocycles. The summed E-state index contributed by atoms with van der Waals surface area (Å²) in [5, 5.41) is 44.4. The number of carbonyl (C=O) groups excluding carboxylic acids is 4. The molecule has 0 radical (unpaired) electrons. The number of alkyl halides is 3. The first-order chi connectivity index (χ1) is 58.6. The minimum atomic E-state index is -4.73. The normalized spacial score (nSPS) is 12.4. The summed E-state index contributed by atoms with van der Waals surface area (Å²) < 4.78 is 163. The highest BCUT2D eigenvalue weighted by molar-refractivity contribution is 7.92. The summed E-state index contributed by atoms with van der Waals surface area (Å²) >= 11 is 12.2. The van der Waals surface area contributed by atoms with Crippen molar-refractivity contribution >= 4 is 134 Å². The second-order valence-corrected chi connectivity index (χ2v) is 34.8. The fourth-order valence-electron chi connectivity index (χ4n) is 11.0. The van der Waals surface area contributed by atoms with Gasteiger partial charge in [-0.05, 0) is 121 Å². The first-order valence-corrected chi connectivity index (χ1v) is 44.5. The molecule has 662 valence electrons. The topological polar surface area (TPSA) is 554 Å². The van der Waals surface area contributed by atoms with Gasteiger partial charge < -0.3 is 19.5 Å². The van der Waals surface area contributed by atoms with Crippen molar-refractivity contribution in [3.05, 3.63) is 195 Å². The number of urea groups is 1. The number of aromatic nitrogens is 19. The van der Waals surface area contributed by atoms with Crippen molar-refractivity contribution in [2.75, 3.05) is 65.2 Å². The van der Waals surface area contributed by atoms with Gasteiger partial charge in [0.05, 0.1) is 98.3 Å². The number of aryl methyl sites for hydroxylation is 8. The molecule has 4 atom stereocenters. The minimum absolute atomic E-state index is 0.00258. The summed E-state index contributed by atoms with van der Waals surface area (Å²) in [6, 6.07) is 24.5. The molecule has 0 unspecified atom stereocenters. The smallest absolute Gasteiger partial charge is 0.413 e. The number of carbonyl (C=O) groups is 4. The molecule has 0 spiro atoms. The van der Waals surface area contributed by atoms with E-state index in [9.17, 15) is 66.0 Å². The third kappa shape index (κ3) is 27.1. The van der Waals surface area contributed by atoms with Crippen molar-refractivity contribution in [1.82, 2.24) is 100 Å². The molecule has 125 heavy (non-hydrogen) atoms. The molecule has 52 heteroatoms. The number of sulfonamides is 4. The van der Waals surface area contributed by atoms with Crippen molar-refractivity contribution in [3.63, 3.8) is 0 Å². The first kappa shape index (κ1) is 95.1. The second-order valence-electron chi connectivity index (χ2n) is 27.0. The lowest BCUT2D eigenvalue weighted by Crippen LogP contribution is -2.40. The molecule has 5 amide bonds. The maximum atomic E-state index is 13.5. The molecule has 1 aromatic carbocycles. The van der Waals surface area contributed by atoms with Crippen LogP contribution in [0.4, 0.5) is 78.4 Å². The summed E-state index contributed by atoms with van der Waals surface area (Å²) in [4.78, 5) is 79.1. The largest absolute Gasteiger partial charge is 0.441 e. The van der Waals surface area contributed by atoms with Gasteiger partial charge in [-0.2, -0.15) is 13.2 Å². The summed E-state index contributed by atoms with van der Waals surface area (Å²) in [6.45, 7) is 11.6. The zero-order chi connectivity index (χ0) is 91.8. The lowest BCUT2D eigenvalue weighted by atomic mass is 10.1. The number of rotatable bonds is 24. The van der Waals surface area contributed by atoms with Crippen LogP contribution in [0.25, 0.3) is 45.6 Å². The van der Waals surface area contributed by atoms with E-state index in [2.05, 4.69) is 116 Å². The monoisotopic (exact) mass is 1840 g/mol. The van der Waals surface area contributed by atoms with Crippen LogP contribution in [0.1, 0.15) is 90.2 Å². The molecule has 12 aromatic rings. The van der Waals surface area contributed by atoms with E-state index in [4.69, 9.17) is 37.4 Å². The van der Waals surface area contributed by atoms with E-state index < -0.39 is 94.9 Å². The van der Waals surface area contributed by atoms with Crippen LogP contribution in [0.5, 0.6) is 0 Å². The van der Waals surface area contributed by atoms with Gasteiger partial charge >= 0.3 is 30.5 Å². The Kier molecular flexibility index (Phi) is 30.8. The quantitative estimate of drug-likeness (QED) is 0.0200. The lowest BCUT2D eigenvalue weighted by molar-refractivity contribution is -0.154. The second kappa shape index (κ2) is 40.5. The Morgan fingerprint density at radius 3 is 1.07 bits per heavy atom. The third-order valence-electron chi connectivity index (χ3n) is 16.9. The SMILES string of the molecule is Cc1nc(-c2nnn(C)c2NC(=O)N[C@@H](c2ccccc2)C(F)(F)F)ccc1NS(C)(=O)=O.Cc1nc(-c2nnn(C)c2NC(=O)O[C@H](C)c2cccnc2)ccc1NS(C)(=O)=O.Cc1nc(-c2nnn(C)c2NC(=O)O[C@H](C)c2cccnc2Cl)ccc1NS(C)(=O)=O.Cc1nc(-c2nnn(C)c2NC(=O)O[C@H](C)c2cnccc2Cl)ccc1NS(C)(=O)=O. The van der Waals surface area contributed by atoms with Gasteiger partial charge in [0.15, 0.2) is 52.1 Å². The number of hydrogen-bond acceptors (Lipinski definition) is 30. The van der Waals surface area contributed by atoms with Crippen molar-refractivity contribution in [2.24, 2.45) is 28.2 Å². The number of nitrogens with zero attached hydrogens (tertiary/aromatic N) is 19. The average molecular weight is 1850 g/mol. The molecular weight excluding hydrogens is 1770 g/mol. The highest BCUT2D eigenvalue weighted by Gasteiger charge is 2.42. The number of benzene rings is 1. The summed E-state index contributed by atoms with van der Waals surface area (Å²) in [5.74, 6) is 0.793. The molecule has 12 rings (SSSR count). The zero-order valence-corrected chi connectivity index (χ0v) is 73.5. The minimum Gasteiger partial charge on any atom is -0.441 e. The van der Waals surface area contributed by atoms with Crippen LogP contribution < -0.4 is 45.5 Å². The molecule has 0 bridgehead atoms. The number of anilines is 8. The van der Waals surface area contributed by atoms with E-state index in [0.717, 1.165) is 30.6 Å². The van der Waals surface area contributed by atoms with Gasteiger partial charge in [0, 0.05) is 75.9 Å². The molecule has 0 fully saturated rings. The van der Waals surface area contributed by atoms with Crippen molar-refractivity contribution < 1.29 is 80.2 Å². The van der Waals surface area contributed by atoms with Crippen LogP contribution in [-0.4, -0.2) is 184 Å². The Morgan fingerprint density at radius 1 is 0.408 bits per heavy atom. The van der Waals surface area contributed by atoms with Gasteiger partial charge in [0.25, 0.3) is 0 Å². The van der Waals surface area contributed by atoms with Gasteiger partial charge in [-0.3, -0.25) is 50.1 Å². The molecule has 11 aromatic heterocycles. The van der Waals surface area contributed by atoms with Crippen molar-refractivity contribution in [2.45, 2.75) is 79.0 Å². The Balaban J connectivity index is 0.000000189. The average Bonchev–Trinajstić information content (AvgIpc) is 1.71. The van der Waals surface area contributed by atoms with Gasteiger partial charge in [0.2, 0.25) is 40.1 Å². The standard InChI is InChI=1S/C19H20F3N7O3S.2C18H20ClN7O4S.C18H21N7O4S/c1-11-13(27-33(3,31)32)9-10-14(23-11)15-17(29(2)28-26-15)25-18(30)24-16(19(20,21)22)12-7-5-4-6-8-12;1-10-14(24-31(4,28)29)5-6-15(21-10)16-17(26(3)25-23-16)22-18(27)30-11(2)12-9-20-8-7-13(12)19;1-10-13(24-31(4,28)29)7-8-14(21-10)15-17(26(3)25-23-15)22-18(27)30-11(2)12-6-5-9-20-16(12)19;1-11-14(23-30(4,27)28)7-8-15(20-11)16-17(25(3)24-22-16)21-18(26)29-12(2)13-6-5-9-19-10-13/h4-10,16,27H,1-3H3,(H2,24,25,30);2*5-9,11,24H,1-4H3,(H,22,27);5-10,12,23H,1-4H3,(H,21,26)/t16-;2*11-;12-/m0111/s1. The summed E-state index contributed by atoms with van der Waals surface area (Å²) in [6.07, 6.45) is 3.30. The molecule has 43 nitrogen and oxygen atoms in total. The Bertz CT molecular complexity index is 6230. The lowest BCUT2D eigenvalue weighted by Gasteiger charge is -2.22. The van der Waals surface area contributed by atoms with E-state index in [1.54, 1.807) is 155 Å². The van der Waals surface area contributed by atoms with Crippen LogP contribution in [-0.2, 0) is 82.5 Å². The van der Waals surface area contributed by atoms with E-state index in [0.29, 0.717) is 90.2 Å². The molecule has 0 saturated carbocycles. The van der Waals surface area contributed by atoms with Gasteiger partial charge in [-0.25, -0.2) is 96.5 Å². The number of amides is 5.